The van der Waals surface area contributed by atoms with Crippen LogP contribution in [0.2, 0.25) is 0 Å². The summed E-state index contributed by atoms with van der Waals surface area (Å²) in [4.78, 5) is 17.2. The highest BCUT2D eigenvalue weighted by atomic mass is 32.1. The van der Waals surface area contributed by atoms with E-state index >= 15 is 0 Å². The van der Waals surface area contributed by atoms with Crippen LogP contribution in [0, 0.1) is 0 Å². The quantitative estimate of drug-likeness (QED) is 0.537. The molecule has 0 amide bonds. The standard InChI is InChI=1S/C17H15N2O2S/c1-21-14-6-4-13(5-7-14)15-8-9-19(12-18-15)11-16(20)17-3-2-10-22-17/h2-10,12H,11H2,1H3/q+1. The fourth-order valence-electron chi connectivity index (χ4n) is 2.09. The van der Waals surface area contributed by atoms with Crippen LogP contribution in [-0.2, 0) is 6.54 Å². The van der Waals surface area contributed by atoms with E-state index in [4.69, 9.17) is 4.74 Å². The van der Waals surface area contributed by atoms with E-state index in [1.165, 1.54) is 11.3 Å². The van der Waals surface area contributed by atoms with Gasteiger partial charge in [-0.3, -0.25) is 4.79 Å². The summed E-state index contributed by atoms with van der Waals surface area (Å²) in [5, 5.41) is 1.91. The van der Waals surface area contributed by atoms with Crippen molar-refractivity contribution in [2.45, 2.75) is 6.54 Å². The maximum atomic E-state index is 12.0. The van der Waals surface area contributed by atoms with Crippen LogP contribution in [0.3, 0.4) is 0 Å². The smallest absolute Gasteiger partial charge is 0.287 e. The van der Waals surface area contributed by atoms with E-state index in [1.807, 2.05) is 54.0 Å². The van der Waals surface area contributed by atoms with Crippen LogP contribution in [0.4, 0.5) is 0 Å². The number of rotatable bonds is 5. The Bertz CT molecular complexity index is 750. The molecule has 110 valence electrons. The average molecular weight is 311 g/mol. The number of nitrogens with zero attached hydrogens (tertiary/aromatic N) is 2. The Morgan fingerprint density at radius 1 is 1.23 bits per heavy atom. The molecule has 0 unspecified atom stereocenters. The molecule has 2 aromatic heterocycles. The molecule has 0 aliphatic carbocycles. The van der Waals surface area contributed by atoms with E-state index < -0.39 is 0 Å². The molecule has 0 atom stereocenters. The van der Waals surface area contributed by atoms with E-state index in [0.29, 0.717) is 6.54 Å². The highest BCUT2D eigenvalue weighted by Crippen LogP contribution is 2.19. The lowest BCUT2D eigenvalue weighted by atomic mass is 10.1. The van der Waals surface area contributed by atoms with Gasteiger partial charge in [0, 0.05) is 11.6 Å². The third-order valence-corrected chi connectivity index (χ3v) is 4.19. The molecule has 2 heterocycles. The summed E-state index contributed by atoms with van der Waals surface area (Å²) in [6.45, 7) is 0.302. The number of carbonyl (C=O) groups is 1. The minimum Gasteiger partial charge on any atom is -0.497 e. The number of Topliss-reactive ketones (excluding diaryl/α,β-unsaturated/α-hetero) is 1. The Labute approximate surface area is 132 Å². The maximum absolute atomic E-state index is 12.0. The summed E-state index contributed by atoms with van der Waals surface area (Å²) in [6.07, 6.45) is 3.56. The predicted octanol–water partition coefficient (Wildman–Crippen LogP) is 2.99. The van der Waals surface area contributed by atoms with Gasteiger partial charge in [-0.15, -0.1) is 11.3 Å². The highest BCUT2D eigenvalue weighted by molar-refractivity contribution is 7.12. The third-order valence-electron chi connectivity index (χ3n) is 3.28. The highest BCUT2D eigenvalue weighted by Gasteiger charge is 2.12. The Morgan fingerprint density at radius 3 is 2.64 bits per heavy atom. The lowest BCUT2D eigenvalue weighted by molar-refractivity contribution is -0.686. The van der Waals surface area contributed by atoms with Crippen molar-refractivity contribution >= 4 is 17.1 Å². The molecule has 0 saturated carbocycles. The van der Waals surface area contributed by atoms with Crippen molar-refractivity contribution in [1.82, 2.24) is 4.98 Å². The van der Waals surface area contributed by atoms with Crippen molar-refractivity contribution in [2.24, 2.45) is 0 Å². The second kappa shape index (κ2) is 6.49. The molecule has 0 spiro atoms. The van der Waals surface area contributed by atoms with Crippen LogP contribution >= 0.6 is 11.3 Å². The first-order chi connectivity index (χ1) is 10.8. The van der Waals surface area contributed by atoms with E-state index in [9.17, 15) is 4.79 Å². The van der Waals surface area contributed by atoms with Crippen LogP contribution in [0.25, 0.3) is 11.3 Å². The third kappa shape index (κ3) is 3.20. The number of ketones is 1. The minimum absolute atomic E-state index is 0.0963. The molecule has 0 aliphatic rings. The molecule has 0 radical (unpaired) electrons. The number of ether oxygens (including phenoxy) is 1. The lowest BCUT2D eigenvalue weighted by Gasteiger charge is -2.01. The molecular formula is C17H15N2O2S+. The zero-order valence-corrected chi connectivity index (χ0v) is 12.9. The van der Waals surface area contributed by atoms with Crippen LogP contribution in [0.15, 0.2) is 60.4 Å². The Kier molecular flexibility index (Phi) is 4.25. The summed E-state index contributed by atoms with van der Waals surface area (Å²) >= 11 is 1.46. The molecule has 4 nitrogen and oxygen atoms in total. The normalized spacial score (nSPS) is 10.4. The number of hydrogen-bond acceptors (Lipinski definition) is 4. The topological polar surface area (TPSA) is 43.1 Å². The lowest BCUT2D eigenvalue weighted by Crippen LogP contribution is -2.37. The van der Waals surface area contributed by atoms with Crippen molar-refractivity contribution in [1.29, 1.82) is 0 Å². The summed E-state index contributed by atoms with van der Waals surface area (Å²) < 4.78 is 6.93. The number of hydrogen-bond donors (Lipinski definition) is 0. The minimum atomic E-state index is 0.0963. The van der Waals surface area contributed by atoms with Gasteiger partial charge in [-0.2, -0.15) is 0 Å². The Morgan fingerprint density at radius 2 is 2.05 bits per heavy atom. The summed E-state index contributed by atoms with van der Waals surface area (Å²) in [6, 6.07) is 13.4. The molecule has 22 heavy (non-hydrogen) atoms. The summed E-state index contributed by atoms with van der Waals surface area (Å²) in [5.74, 6) is 0.912. The van der Waals surface area contributed by atoms with Crippen molar-refractivity contribution in [3.63, 3.8) is 0 Å². The summed E-state index contributed by atoms with van der Waals surface area (Å²) in [7, 11) is 1.64. The van der Waals surface area contributed by atoms with Gasteiger partial charge >= 0.3 is 0 Å². The van der Waals surface area contributed by atoms with E-state index in [0.717, 1.165) is 21.9 Å². The first-order valence-electron chi connectivity index (χ1n) is 6.82. The van der Waals surface area contributed by atoms with Crippen molar-refractivity contribution in [3.05, 3.63) is 65.2 Å². The molecule has 0 N–H and O–H groups in total. The van der Waals surface area contributed by atoms with Gasteiger partial charge in [0.15, 0.2) is 12.2 Å². The second-order valence-electron chi connectivity index (χ2n) is 4.75. The average Bonchev–Trinajstić information content (AvgIpc) is 3.10. The second-order valence-corrected chi connectivity index (χ2v) is 5.69. The van der Waals surface area contributed by atoms with Crippen molar-refractivity contribution in [3.8, 4) is 17.0 Å². The number of methoxy groups -OCH3 is 1. The molecule has 5 heteroatoms. The zero-order valence-electron chi connectivity index (χ0n) is 12.1. The number of benzene rings is 1. The SMILES string of the molecule is COc1ccc(-c2cc[n+](CC(=O)c3cccs3)cn2)cc1. The van der Waals surface area contributed by atoms with Gasteiger partial charge in [-0.25, -0.2) is 4.57 Å². The maximum Gasteiger partial charge on any atom is 0.287 e. The molecule has 0 aliphatic heterocycles. The molecule has 1 aromatic carbocycles. The van der Waals surface area contributed by atoms with Gasteiger partial charge in [0.25, 0.3) is 6.33 Å². The van der Waals surface area contributed by atoms with Gasteiger partial charge in [0.2, 0.25) is 5.78 Å². The van der Waals surface area contributed by atoms with Gasteiger partial charge in [-0.05, 0) is 40.7 Å². The van der Waals surface area contributed by atoms with Crippen LogP contribution < -0.4 is 9.30 Å². The number of thiophene rings is 1. The Balaban J connectivity index is 1.73. The number of carbonyl (C=O) groups excluding carboxylic acids is 1. The van der Waals surface area contributed by atoms with E-state index in [1.54, 1.807) is 18.0 Å². The monoisotopic (exact) mass is 311 g/mol. The molecule has 0 fully saturated rings. The fourth-order valence-corrected chi connectivity index (χ4v) is 2.75. The molecule has 3 aromatic rings. The van der Waals surface area contributed by atoms with Gasteiger partial charge in [0.05, 0.1) is 18.2 Å². The Hall–Kier alpha value is -2.53. The molecule has 0 bridgehead atoms. The predicted molar refractivity (Wildman–Crippen MR) is 85.1 cm³/mol. The van der Waals surface area contributed by atoms with Crippen LogP contribution in [0.5, 0.6) is 5.75 Å². The first kappa shape index (κ1) is 14.4. The fraction of sp³-hybridized carbons (Fsp3) is 0.118. The van der Waals surface area contributed by atoms with E-state index in [-0.39, 0.29) is 5.78 Å². The number of aromatic nitrogens is 2. The largest absolute Gasteiger partial charge is 0.497 e. The molecule has 0 saturated heterocycles. The molecular weight excluding hydrogens is 296 g/mol. The first-order valence-corrected chi connectivity index (χ1v) is 7.70. The van der Waals surface area contributed by atoms with Gasteiger partial charge < -0.3 is 4.74 Å². The van der Waals surface area contributed by atoms with Crippen LogP contribution in [-0.4, -0.2) is 17.9 Å². The van der Waals surface area contributed by atoms with E-state index in [2.05, 4.69) is 4.98 Å². The molecule has 3 rings (SSSR count). The van der Waals surface area contributed by atoms with Crippen molar-refractivity contribution < 1.29 is 14.1 Å². The van der Waals surface area contributed by atoms with Gasteiger partial charge in [0.1, 0.15) is 5.75 Å². The van der Waals surface area contributed by atoms with Crippen molar-refractivity contribution in [2.75, 3.05) is 7.11 Å². The van der Waals surface area contributed by atoms with Gasteiger partial charge in [-0.1, -0.05) is 6.07 Å². The zero-order chi connectivity index (χ0) is 15.4. The van der Waals surface area contributed by atoms with Crippen LogP contribution in [0.1, 0.15) is 9.67 Å². The summed E-state index contributed by atoms with van der Waals surface area (Å²) in [5.41, 5.74) is 1.88.